The molecule has 3 aromatic rings. The third-order valence-electron chi connectivity index (χ3n) is 7.84. The molecule has 242 valence electrons. The van der Waals surface area contributed by atoms with Crippen LogP contribution in [0.1, 0.15) is 44.7 Å². The van der Waals surface area contributed by atoms with Gasteiger partial charge in [-0.15, -0.1) is 0 Å². The van der Waals surface area contributed by atoms with Gasteiger partial charge in [0.2, 0.25) is 5.91 Å². The molecule has 6 rings (SSSR count). The van der Waals surface area contributed by atoms with Gasteiger partial charge >= 0.3 is 5.97 Å². The minimum Gasteiger partial charge on any atom is -0.496 e. The average molecular weight is 633 g/mol. The van der Waals surface area contributed by atoms with Crippen molar-refractivity contribution in [1.29, 1.82) is 0 Å². The number of esters is 1. The number of hydrogen-bond acceptors (Lipinski definition) is 10. The SMILES string of the molecule is COC(=O)c1cncc(C(=O)N2CC[C@@H]3Oc4ccc(c(OC)c4)CNC(=O)CCc4ccc(OC)c(c4)OCC(=O)N[C@@H]3C2)c1. The number of hydrogen-bond donors (Lipinski definition) is 2. The Morgan fingerprint density at radius 3 is 2.52 bits per heavy atom. The lowest BCUT2D eigenvalue weighted by atomic mass is 10.0. The third-order valence-corrected chi connectivity index (χ3v) is 7.84. The highest BCUT2D eigenvalue weighted by Crippen LogP contribution is 2.30. The monoisotopic (exact) mass is 632 g/mol. The van der Waals surface area contributed by atoms with E-state index in [1.807, 2.05) is 12.1 Å². The van der Waals surface area contributed by atoms with Crippen molar-refractivity contribution in [2.45, 2.75) is 38.0 Å². The predicted molar refractivity (Wildman–Crippen MR) is 164 cm³/mol. The summed E-state index contributed by atoms with van der Waals surface area (Å²) in [5.74, 6) is 0.325. The van der Waals surface area contributed by atoms with Crippen LogP contribution >= 0.6 is 0 Å². The summed E-state index contributed by atoms with van der Waals surface area (Å²) in [5, 5.41) is 5.91. The molecule has 3 aliphatic heterocycles. The van der Waals surface area contributed by atoms with Gasteiger partial charge in [-0.1, -0.05) is 6.07 Å². The summed E-state index contributed by atoms with van der Waals surface area (Å²) in [6, 6.07) is 11.5. The second-order valence-electron chi connectivity index (χ2n) is 10.8. The van der Waals surface area contributed by atoms with Gasteiger partial charge in [0.1, 0.15) is 17.6 Å². The normalized spacial score (nSPS) is 18.6. The molecule has 1 fully saturated rings. The molecule has 3 amide bonds. The molecule has 1 aromatic heterocycles. The van der Waals surface area contributed by atoms with Crippen molar-refractivity contribution in [3.63, 3.8) is 0 Å². The lowest BCUT2D eigenvalue weighted by Crippen LogP contribution is -2.58. The van der Waals surface area contributed by atoms with E-state index in [0.29, 0.717) is 42.4 Å². The number of piperidine rings is 1. The highest BCUT2D eigenvalue weighted by molar-refractivity contribution is 5.97. The first-order valence-corrected chi connectivity index (χ1v) is 14.8. The van der Waals surface area contributed by atoms with Crippen LogP contribution in [-0.2, 0) is 27.3 Å². The molecule has 4 bridgehead atoms. The van der Waals surface area contributed by atoms with E-state index in [2.05, 4.69) is 15.6 Å². The molecular formula is C33H36N4O9. The molecule has 2 atom stereocenters. The number of aromatic nitrogens is 1. The summed E-state index contributed by atoms with van der Waals surface area (Å²) < 4.78 is 28.0. The lowest BCUT2D eigenvalue weighted by Gasteiger charge is -2.39. The maximum atomic E-state index is 13.5. The number of carbonyl (C=O) groups is 4. The minimum atomic E-state index is -0.620. The fourth-order valence-electron chi connectivity index (χ4n) is 5.40. The first kappa shape index (κ1) is 32.1. The molecule has 0 unspecified atom stereocenters. The predicted octanol–water partition coefficient (Wildman–Crippen LogP) is 2.31. The molecule has 2 aromatic carbocycles. The van der Waals surface area contributed by atoms with Gasteiger partial charge in [-0.3, -0.25) is 19.4 Å². The lowest BCUT2D eigenvalue weighted by molar-refractivity contribution is -0.125. The Hall–Kier alpha value is -5.33. The van der Waals surface area contributed by atoms with Crippen LogP contribution in [0.25, 0.3) is 0 Å². The number of aryl methyl sites for hydroxylation is 1. The van der Waals surface area contributed by atoms with Crippen LogP contribution < -0.4 is 29.6 Å². The van der Waals surface area contributed by atoms with E-state index >= 15 is 0 Å². The van der Waals surface area contributed by atoms with Crippen molar-refractivity contribution >= 4 is 23.7 Å². The van der Waals surface area contributed by atoms with Crippen LogP contribution in [0.2, 0.25) is 0 Å². The van der Waals surface area contributed by atoms with Gasteiger partial charge < -0.3 is 39.2 Å². The summed E-state index contributed by atoms with van der Waals surface area (Å²) >= 11 is 0. The molecule has 0 aliphatic carbocycles. The number of methoxy groups -OCH3 is 3. The first-order chi connectivity index (χ1) is 22.3. The first-order valence-electron chi connectivity index (χ1n) is 14.8. The van der Waals surface area contributed by atoms with Crippen molar-refractivity contribution < 1.29 is 42.9 Å². The fourth-order valence-corrected chi connectivity index (χ4v) is 5.40. The number of benzene rings is 2. The van der Waals surface area contributed by atoms with E-state index in [-0.39, 0.29) is 49.1 Å². The van der Waals surface area contributed by atoms with Gasteiger partial charge in [-0.05, 0) is 42.3 Å². The number of likely N-dealkylation sites (tertiary alicyclic amines) is 1. The summed E-state index contributed by atoms with van der Waals surface area (Å²) in [4.78, 5) is 57.0. The van der Waals surface area contributed by atoms with E-state index in [1.54, 1.807) is 36.3 Å². The van der Waals surface area contributed by atoms with E-state index < -0.39 is 24.0 Å². The Kier molecular flexibility index (Phi) is 10.2. The third kappa shape index (κ3) is 7.65. The molecule has 0 saturated carbocycles. The van der Waals surface area contributed by atoms with Gasteiger partial charge in [0.25, 0.3) is 11.8 Å². The summed E-state index contributed by atoms with van der Waals surface area (Å²) in [6.07, 6.45) is 3.29. The molecule has 3 aliphatic rings. The van der Waals surface area contributed by atoms with Crippen LogP contribution in [0.3, 0.4) is 0 Å². The largest absolute Gasteiger partial charge is 0.496 e. The van der Waals surface area contributed by atoms with E-state index in [0.717, 1.165) is 11.1 Å². The Morgan fingerprint density at radius 2 is 1.74 bits per heavy atom. The molecule has 2 N–H and O–H groups in total. The van der Waals surface area contributed by atoms with Gasteiger partial charge in [0.15, 0.2) is 18.1 Å². The van der Waals surface area contributed by atoms with Crippen molar-refractivity contribution in [1.82, 2.24) is 20.5 Å². The molecule has 4 heterocycles. The number of carbonyl (C=O) groups excluding carboxylic acids is 4. The molecular weight excluding hydrogens is 596 g/mol. The standard InChI is InChI=1S/C33H36N4O9/c1-42-27-8-4-20-5-9-30(38)35-17-21-6-7-24(14-28(21)43-2)46-26-10-11-37(18-25(26)36-31(39)19-45-29(27)12-20)32(40)22-13-23(16-34-15-22)33(41)44-3/h4,6-8,12-16,25-26H,5,9-11,17-19H2,1-3H3,(H,35,38)(H,36,39)/t25-,26+/m1/s1. The summed E-state index contributed by atoms with van der Waals surface area (Å²) in [7, 11) is 4.30. The number of nitrogens with zero attached hydrogens (tertiary/aromatic N) is 2. The number of pyridine rings is 1. The molecule has 13 heteroatoms. The zero-order valence-electron chi connectivity index (χ0n) is 25.9. The number of amides is 3. The topological polar surface area (TPSA) is 155 Å². The Labute approximate surface area is 266 Å². The maximum absolute atomic E-state index is 13.5. The molecule has 1 saturated heterocycles. The van der Waals surface area contributed by atoms with Gasteiger partial charge in [0.05, 0.1) is 38.5 Å². The molecule has 0 radical (unpaired) electrons. The van der Waals surface area contributed by atoms with Crippen molar-refractivity contribution in [3.8, 4) is 23.0 Å². The Balaban J connectivity index is 1.42. The van der Waals surface area contributed by atoms with Crippen LogP contribution in [0.5, 0.6) is 23.0 Å². The number of fused-ring (bicyclic) bond motifs is 9. The number of ether oxygens (including phenoxy) is 5. The van der Waals surface area contributed by atoms with Crippen LogP contribution in [0, 0.1) is 0 Å². The van der Waals surface area contributed by atoms with Gasteiger partial charge in [-0.2, -0.15) is 0 Å². The minimum absolute atomic E-state index is 0.123. The number of rotatable bonds is 4. The second-order valence-corrected chi connectivity index (χ2v) is 10.8. The van der Waals surface area contributed by atoms with Gasteiger partial charge in [0, 0.05) is 56.5 Å². The van der Waals surface area contributed by atoms with Crippen LogP contribution in [-0.4, -0.2) is 86.7 Å². The van der Waals surface area contributed by atoms with Crippen molar-refractivity contribution in [2.24, 2.45) is 0 Å². The summed E-state index contributed by atoms with van der Waals surface area (Å²) in [5.41, 5.74) is 1.98. The van der Waals surface area contributed by atoms with Crippen LogP contribution in [0.15, 0.2) is 54.9 Å². The van der Waals surface area contributed by atoms with Gasteiger partial charge in [-0.25, -0.2) is 4.79 Å². The van der Waals surface area contributed by atoms with E-state index in [4.69, 9.17) is 23.7 Å². The van der Waals surface area contributed by atoms with Crippen molar-refractivity contribution in [3.05, 3.63) is 77.1 Å². The maximum Gasteiger partial charge on any atom is 0.339 e. The average Bonchev–Trinajstić information content (AvgIpc) is 3.08. The Morgan fingerprint density at radius 1 is 0.935 bits per heavy atom. The zero-order chi connectivity index (χ0) is 32.6. The highest BCUT2D eigenvalue weighted by atomic mass is 16.5. The van der Waals surface area contributed by atoms with Crippen LogP contribution in [0.4, 0.5) is 0 Å². The summed E-state index contributed by atoms with van der Waals surface area (Å²) in [6.45, 7) is 0.382. The fraction of sp³-hybridized carbons (Fsp3) is 0.364. The molecule has 13 nitrogen and oxygen atoms in total. The molecule has 46 heavy (non-hydrogen) atoms. The van der Waals surface area contributed by atoms with E-state index in [9.17, 15) is 19.2 Å². The number of nitrogens with one attached hydrogen (secondary N) is 2. The van der Waals surface area contributed by atoms with E-state index in [1.165, 1.54) is 32.7 Å². The molecule has 0 spiro atoms. The van der Waals surface area contributed by atoms with Crippen molar-refractivity contribution in [2.75, 3.05) is 41.0 Å². The highest BCUT2D eigenvalue weighted by Gasteiger charge is 2.35. The Bertz CT molecular complexity index is 1610. The quantitative estimate of drug-likeness (QED) is 0.410. The zero-order valence-corrected chi connectivity index (χ0v) is 25.9. The second kappa shape index (κ2) is 14.6. The smallest absolute Gasteiger partial charge is 0.339 e.